The average molecular weight is 420 g/mol. The summed E-state index contributed by atoms with van der Waals surface area (Å²) < 4.78 is 1.92. The molecule has 0 radical (unpaired) electrons. The van der Waals surface area contributed by atoms with Gasteiger partial charge in [0.25, 0.3) is 5.91 Å². The van der Waals surface area contributed by atoms with E-state index >= 15 is 0 Å². The summed E-state index contributed by atoms with van der Waals surface area (Å²) in [5.74, 6) is 0.0905. The maximum Gasteiger partial charge on any atom is 0.326 e. The number of carbonyl (C=O) groups excluding carboxylic acids is 1. The molecular weight excluding hydrogens is 390 g/mol. The van der Waals surface area contributed by atoms with E-state index in [1.54, 1.807) is 12.4 Å². The van der Waals surface area contributed by atoms with Crippen molar-refractivity contribution in [3.8, 4) is 0 Å². The van der Waals surface area contributed by atoms with Gasteiger partial charge in [0.1, 0.15) is 0 Å². The van der Waals surface area contributed by atoms with Crippen molar-refractivity contribution in [3.05, 3.63) is 64.8 Å². The third-order valence-electron chi connectivity index (χ3n) is 6.89. The maximum atomic E-state index is 13.5. The maximum absolute atomic E-state index is 13.5. The summed E-state index contributed by atoms with van der Waals surface area (Å²) in [7, 11) is 0. The SMILES string of the molecule is O=C(c1cccnc1)N(C1CCNCC1)C1CCC(n2c(=O)[nH]c3ccccc32)CC1. The Bertz CT molecular complexity index is 1090. The predicted molar refractivity (Wildman–Crippen MR) is 120 cm³/mol. The standard InChI is InChI=1S/C24H29N5O2/c30-23(17-4-3-13-26-16-17)28(20-11-14-25-15-12-20)18-7-9-19(10-8-18)29-22-6-2-1-5-21(22)27-24(29)31/h1-6,13,16,18-20,25H,7-12,14-15H2,(H,27,31). The number of hydrogen-bond acceptors (Lipinski definition) is 4. The van der Waals surface area contributed by atoms with Crippen LogP contribution in [0.3, 0.4) is 0 Å². The van der Waals surface area contributed by atoms with Crippen LogP contribution in [0.4, 0.5) is 0 Å². The lowest BCUT2D eigenvalue weighted by molar-refractivity contribution is 0.0432. The van der Waals surface area contributed by atoms with Gasteiger partial charge in [0.15, 0.2) is 0 Å². The molecule has 2 N–H and O–H groups in total. The molecule has 1 aromatic carbocycles. The molecule has 31 heavy (non-hydrogen) atoms. The lowest BCUT2D eigenvalue weighted by Crippen LogP contribution is -2.52. The van der Waals surface area contributed by atoms with Gasteiger partial charge in [0.05, 0.1) is 16.6 Å². The van der Waals surface area contributed by atoms with Gasteiger partial charge in [0.2, 0.25) is 0 Å². The van der Waals surface area contributed by atoms with Gasteiger partial charge in [-0.25, -0.2) is 4.79 Å². The summed E-state index contributed by atoms with van der Waals surface area (Å²) >= 11 is 0. The van der Waals surface area contributed by atoms with E-state index in [9.17, 15) is 9.59 Å². The van der Waals surface area contributed by atoms with Crippen molar-refractivity contribution in [2.45, 2.75) is 56.7 Å². The molecule has 1 aliphatic heterocycles. The Hall–Kier alpha value is -2.93. The third kappa shape index (κ3) is 3.90. The molecule has 0 atom stereocenters. The Morgan fingerprint density at radius 2 is 1.71 bits per heavy atom. The summed E-state index contributed by atoms with van der Waals surface area (Å²) in [4.78, 5) is 35.4. The molecule has 7 nitrogen and oxygen atoms in total. The fourth-order valence-corrected chi connectivity index (χ4v) is 5.38. The van der Waals surface area contributed by atoms with Crippen LogP contribution in [0.15, 0.2) is 53.6 Å². The lowest BCUT2D eigenvalue weighted by atomic mass is 9.87. The van der Waals surface area contributed by atoms with Gasteiger partial charge in [-0.15, -0.1) is 0 Å². The molecule has 2 aromatic heterocycles. The predicted octanol–water partition coefficient (Wildman–Crippen LogP) is 3.10. The van der Waals surface area contributed by atoms with Gasteiger partial charge in [-0.3, -0.25) is 14.3 Å². The van der Waals surface area contributed by atoms with E-state index in [0.717, 1.165) is 62.6 Å². The Labute approximate surface area is 181 Å². The summed E-state index contributed by atoms with van der Waals surface area (Å²) in [5, 5.41) is 3.41. The van der Waals surface area contributed by atoms with Gasteiger partial charge in [0, 0.05) is 30.5 Å². The van der Waals surface area contributed by atoms with E-state index in [2.05, 4.69) is 20.2 Å². The second-order valence-electron chi connectivity index (χ2n) is 8.71. The van der Waals surface area contributed by atoms with Gasteiger partial charge >= 0.3 is 5.69 Å². The number of para-hydroxylation sites is 2. The Morgan fingerprint density at radius 3 is 2.45 bits per heavy atom. The van der Waals surface area contributed by atoms with Crippen LogP contribution in [0.1, 0.15) is 54.9 Å². The lowest BCUT2D eigenvalue weighted by Gasteiger charge is -2.43. The van der Waals surface area contributed by atoms with Crippen LogP contribution in [0, 0.1) is 0 Å². The van der Waals surface area contributed by atoms with E-state index in [0.29, 0.717) is 5.56 Å². The molecule has 0 unspecified atom stereocenters. The molecule has 1 saturated heterocycles. The minimum absolute atomic E-state index is 0.0358. The smallest absolute Gasteiger partial charge is 0.326 e. The van der Waals surface area contributed by atoms with Crippen LogP contribution in [-0.2, 0) is 0 Å². The summed E-state index contributed by atoms with van der Waals surface area (Å²) in [6, 6.07) is 12.2. The van der Waals surface area contributed by atoms with Crippen LogP contribution in [0.5, 0.6) is 0 Å². The molecule has 3 heterocycles. The van der Waals surface area contributed by atoms with Crippen molar-refractivity contribution in [3.63, 3.8) is 0 Å². The van der Waals surface area contributed by atoms with E-state index in [-0.39, 0.29) is 29.7 Å². The Morgan fingerprint density at radius 1 is 0.968 bits per heavy atom. The number of aromatic nitrogens is 3. The molecule has 0 spiro atoms. The van der Waals surface area contributed by atoms with Crippen LogP contribution in [-0.4, -0.2) is 50.5 Å². The van der Waals surface area contributed by atoms with Crippen LogP contribution in [0.2, 0.25) is 0 Å². The number of carbonyl (C=O) groups is 1. The Kier molecular flexibility index (Phi) is 5.59. The number of piperidine rings is 1. The molecule has 7 heteroatoms. The van der Waals surface area contributed by atoms with Crippen molar-refractivity contribution >= 4 is 16.9 Å². The fourth-order valence-electron chi connectivity index (χ4n) is 5.38. The quantitative estimate of drug-likeness (QED) is 0.681. The molecule has 1 saturated carbocycles. The number of benzene rings is 1. The van der Waals surface area contributed by atoms with Crippen molar-refractivity contribution in [2.24, 2.45) is 0 Å². The molecule has 3 aromatic rings. The molecular formula is C24H29N5O2. The number of H-pyrrole nitrogens is 1. The number of fused-ring (bicyclic) bond motifs is 1. The normalized spacial score (nSPS) is 22.5. The highest BCUT2D eigenvalue weighted by Gasteiger charge is 2.35. The number of hydrogen-bond donors (Lipinski definition) is 2. The second-order valence-corrected chi connectivity index (χ2v) is 8.71. The highest BCUT2D eigenvalue weighted by atomic mass is 16.2. The summed E-state index contributed by atoms with van der Waals surface area (Å²) in [6.07, 6.45) is 8.95. The van der Waals surface area contributed by atoms with E-state index in [4.69, 9.17) is 0 Å². The minimum atomic E-state index is -0.0358. The third-order valence-corrected chi connectivity index (χ3v) is 6.89. The number of pyridine rings is 1. The molecule has 2 fully saturated rings. The van der Waals surface area contributed by atoms with Crippen molar-refractivity contribution in [1.29, 1.82) is 0 Å². The zero-order valence-corrected chi connectivity index (χ0v) is 17.7. The van der Waals surface area contributed by atoms with E-state index in [1.165, 1.54) is 0 Å². The highest BCUT2D eigenvalue weighted by molar-refractivity contribution is 5.94. The van der Waals surface area contributed by atoms with E-state index in [1.807, 2.05) is 41.0 Å². The topological polar surface area (TPSA) is 83.0 Å². The second kappa shape index (κ2) is 8.67. The Balaban J connectivity index is 1.37. The first kappa shape index (κ1) is 20.0. The first-order valence-electron chi connectivity index (χ1n) is 11.3. The number of nitrogens with one attached hydrogen (secondary N) is 2. The molecule has 0 bridgehead atoms. The summed E-state index contributed by atoms with van der Waals surface area (Å²) in [5.41, 5.74) is 2.48. The van der Waals surface area contributed by atoms with Crippen molar-refractivity contribution in [1.82, 2.24) is 24.8 Å². The minimum Gasteiger partial charge on any atom is -0.333 e. The number of amides is 1. The van der Waals surface area contributed by atoms with E-state index < -0.39 is 0 Å². The highest BCUT2D eigenvalue weighted by Crippen LogP contribution is 2.34. The molecule has 1 amide bonds. The first-order valence-corrected chi connectivity index (χ1v) is 11.3. The van der Waals surface area contributed by atoms with Gasteiger partial charge in [-0.2, -0.15) is 0 Å². The van der Waals surface area contributed by atoms with Crippen LogP contribution < -0.4 is 11.0 Å². The van der Waals surface area contributed by atoms with Gasteiger partial charge in [-0.1, -0.05) is 12.1 Å². The summed E-state index contributed by atoms with van der Waals surface area (Å²) in [6.45, 7) is 1.89. The average Bonchev–Trinajstić information content (AvgIpc) is 3.16. The van der Waals surface area contributed by atoms with Gasteiger partial charge in [-0.05, 0) is 75.9 Å². The molecule has 5 rings (SSSR count). The largest absolute Gasteiger partial charge is 0.333 e. The molecule has 1 aliphatic carbocycles. The molecule has 2 aliphatic rings. The first-order chi connectivity index (χ1) is 15.2. The van der Waals surface area contributed by atoms with Crippen molar-refractivity contribution in [2.75, 3.05) is 13.1 Å². The van der Waals surface area contributed by atoms with Crippen LogP contribution >= 0.6 is 0 Å². The fraction of sp³-hybridized carbons (Fsp3) is 0.458. The number of rotatable bonds is 4. The van der Waals surface area contributed by atoms with Gasteiger partial charge < -0.3 is 15.2 Å². The van der Waals surface area contributed by atoms with Crippen LogP contribution in [0.25, 0.3) is 11.0 Å². The monoisotopic (exact) mass is 419 g/mol. The number of imidazole rings is 1. The zero-order valence-electron chi connectivity index (χ0n) is 17.7. The number of aromatic amines is 1. The molecule has 162 valence electrons. The van der Waals surface area contributed by atoms with Crippen molar-refractivity contribution < 1.29 is 4.79 Å². The zero-order chi connectivity index (χ0) is 21.2. The number of nitrogens with zero attached hydrogens (tertiary/aromatic N) is 3.